The predicted octanol–water partition coefficient (Wildman–Crippen LogP) is 3.38. The summed E-state index contributed by atoms with van der Waals surface area (Å²) >= 11 is 1.59. The molecule has 7 nitrogen and oxygen atoms in total. The first-order valence-electron chi connectivity index (χ1n) is 7.57. The van der Waals surface area contributed by atoms with Crippen LogP contribution in [0.5, 0.6) is 0 Å². The number of hydrogen-bond acceptors (Lipinski definition) is 6. The van der Waals surface area contributed by atoms with Crippen LogP contribution >= 0.6 is 11.3 Å². The van der Waals surface area contributed by atoms with E-state index in [4.69, 9.17) is 0 Å². The summed E-state index contributed by atoms with van der Waals surface area (Å²) in [5.41, 5.74) is 3.20. The van der Waals surface area contributed by atoms with Crippen molar-refractivity contribution < 1.29 is 4.79 Å². The van der Waals surface area contributed by atoms with Crippen LogP contribution in [-0.2, 0) is 0 Å². The summed E-state index contributed by atoms with van der Waals surface area (Å²) in [6.07, 6.45) is 3.18. The first-order valence-corrected chi connectivity index (χ1v) is 8.51. The van der Waals surface area contributed by atoms with Crippen molar-refractivity contribution in [2.75, 3.05) is 17.7 Å². The van der Waals surface area contributed by atoms with Crippen LogP contribution in [0.15, 0.2) is 47.4 Å². The Labute approximate surface area is 147 Å². The molecule has 0 unspecified atom stereocenters. The third-order valence-corrected chi connectivity index (χ3v) is 4.39. The summed E-state index contributed by atoms with van der Waals surface area (Å²) in [5.74, 6) is 1.19. The van der Waals surface area contributed by atoms with Crippen LogP contribution in [0, 0.1) is 0 Å². The van der Waals surface area contributed by atoms with Crippen molar-refractivity contribution in [1.82, 2.24) is 19.9 Å². The van der Waals surface area contributed by atoms with E-state index in [-0.39, 0.29) is 5.91 Å². The van der Waals surface area contributed by atoms with Gasteiger partial charge in [-0.15, -0.1) is 0 Å². The van der Waals surface area contributed by atoms with Gasteiger partial charge in [-0.05, 0) is 29.6 Å². The van der Waals surface area contributed by atoms with Crippen LogP contribution < -0.4 is 10.6 Å². The Morgan fingerprint density at radius 2 is 2.12 bits per heavy atom. The van der Waals surface area contributed by atoms with Gasteiger partial charge in [-0.2, -0.15) is 11.3 Å². The highest BCUT2D eigenvalue weighted by Crippen LogP contribution is 2.24. The van der Waals surface area contributed by atoms with Crippen molar-refractivity contribution in [3.63, 3.8) is 0 Å². The van der Waals surface area contributed by atoms with E-state index < -0.39 is 0 Å². The Hall–Kier alpha value is -3.26. The highest BCUT2D eigenvalue weighted by Gasteiger charge is 2.15. The number of hydrogen-bond donors (Lipinski definition) is 3. The lowest BCUT2D eigenvalue weighted by Gasteiger charge is -2.06. The van der Waals surface area contributed by atoms with Crippen LogP contribution in [0.4, 0.5) is 11.5 Å². The van der Waals surface area contributed by atoms with Crippen molar-refractivity contribution in [3.8, 4) is 11.4 Å². The second-order valence-electron chi connectivity index (χ2n) is 5.29. The fourth-order valence-corrected chi connectivity index (χ4v) is 3.09. The van der Waals surface area contributed by atoms with Gasteiger partial charge in [0.25, 0.3) is 5.91 Å². The number of nitrogens with zero attached hydrogens (tertiary/aromatic N) is 3. The number of fused-ring (bicyclic) bond motifs is 1. The molecule has 4 aromatic rings. The Morgan fingerprint density at radius 1 is 1.20 bits per heavy atom. The molecular formula is C17H14N6OS. The molecule has 8 heteroatoms. The Kier molecular flexibility index (Phi) is 3.87. The molecule has 0 spiro atoms. The second kappa shape index (κ2) is 6.33. The van der Waals surface area contributed by atoms with Gasteiger partial charge in [0.15, 0.2) is 5.65 Å². The number of carbonyl (C=O) groups is 1. The van der Waals surface area contributed by atoms with Gasteiger partial charge in [-0.3, -0.25) is 4.79 Å². The van der Waals surface area contributed by atoms with Crippen LogP contribution in [0.1, 0.15) is 10.4 Å². The van der Waals surface area contributed by atoms with Crippen LogP contribution in [0.3, 0.4) is 0 Å². The SMILES string of the molecule is CNc1ccc(NC(=O)c2ccnc3nc(-c4ccsc4)[nH]c23)cn1. The molecule has 0 aromatic carbocycles. The number of carbonyl (C=O) groups excluding carboxylic acids is 1. The number of thiophene rings is 1. The van der Waals surface area contributed by atoms with E-state index in [0.29, 0.717) is 28.2 Å². The molecule has 0 bridgehead atoms. The Bertz CT molecular complexity index is 1020. The summed E-state index contributed by atoms with van der Waals surface area (Å²) in [6, 6.07) is 7.22. The molecule has 0 radical (unpaired) electrons. The van der Waals surface area contributed by atoms with Crippen LogP contribution in [0.2, 0.25) is 0 Å². The summed E-state index contributed by atoms with van der Waals surface area (Å²) in [6.45, 7) is 0. The normalized spacial score (nSPS) is 10.8. The quantitative estimate of drug-likeness (QED) is 0.524. The van der Waals surface area contributed by atoms with E-state index in [2.05, 4.69) is 30.6 Å². The molecule has 0 aliphatic carbocycles. The van der Waals surface area contributed by atoms with Gasteiger partial charge >= 0.3 is 0 Å². The Balaban J connectivity index is 1.66. The zero-order chi connectivity index (χ0) is 17.2. The molecule has 4 rings (SSSR count). The number of amides is 1. The molecule has 3 N–H and O–H groups in total. The fraction of sp³-hybridized carbons (Fsp3) is 0.0588. The van der Waals surface area contributed by atoms with E-state index >= 15 is 0 Å². The molecule has 4 heterocycles. The number of pyridine rings is 2. The number of rotatable bonds is 4. The molecule has 1 amide bonds. The minimum atomic E-state index is -0.244. The lowest BCUT2D eigenvalue weighted by Crippen LogP contribution is -2.13. The van der Waals surface area contributed by atoms with E-state index in [1.165, 1.54) is 0 Å². The van der Waals surface area contributed by atoms with Crippen molar-refractivity contribution in [2.24, 2.45) is 0 Å². The second-order valence-corrected chi connectivity index (χ2v) is 6.07. The number of aromatic amines is 1. The van der Waals surface area contributed by atoms with E-state index in [0.717, 1.165) is 11.4 Å². The van der Waals surface area contributed by atoms with Crippen molar-refractivity contribution in [2.45, 2.75) is 0 Å². The minimum absolute atomic E-state index is 0.244. The van der Waals surface area contributed by atoms with Crippen molar-refractivity contribution in [3.05, 3.63) is 53.0 Å². The van der Waals surface area contributed by atoms with Gasteiger partial charge in [0, 0.05) is 24.2 Å². The third-order valence-electron chi connectivity index (χ3n) is 3.71. The number of aromatic nitrogens is 4. The lowest BCUT2D eigenvalue weighted by atomic mass is 10.2. The summed E-state index contributed by atoms with van der Waals surface area (Å²) in [7, 11) is 1.79. The molecule has 25 heavy (non-hydrogen) atoms. The molecule has 0 aliphatic heterocycles. The largest absolute Gasteiger partial charge is 0.373 e. The number of nitrogens with one attached hydrogen (secondary N) is 3. The number of imidazole rings is 1. The number of H-pyrrole nitrogens is 1. The maximum atomic E-state index is 12.7. The van der Waals surface area contributed by atoms with Crippen molar-refractivity contribution >= 4 is 39.9 Å². The van der Waals surface area contributed by atoms with Crippen molar-refractivity contribution in [1.29, 1.82) is 0 Å². The van der Waals surface area contributed by atoms with E-state index in [9.17, 15) is 4.79 Å². The zero-order valence-electron chi connectivity index (χ0n) is 13.3. The molecule has 0 saturated heterocycles. The molecular weight excluding hydrogens is 336 g/mol. The van der Waals surface area contributed by atoms with Gasteiger partial charge in [0.2, 0.25) is 0 Å². The minimum Gasteiger partial charge on any atom is -0.373 e. The molecule has 4 aromatic heterocycles. The van der Waals surface area contributed by atoms with Crippen LogP contribution in [-0.4, -0.2) is 32.9 Å². The fourth-order valence-electron chi connectivity index (χ4n) is 2.45. The highest BCUT2D eigenvalue weighted by atomic mass is 32.1. The maximum absolute atomic E-state index is 12.7. The summed E-state index contributed by atoms with van der Waals surface area (Å²) in [4.78, 5) is 28.7. The van der Waals surface area contributed by atoms with Gasteiger partial charge in [0.1, 0.15) is 11.6 Å². The van der Waals surface area contributed by atoms with E-state index in [1.807, 2.05) is 16.8 Å². The Morgan fingerprint density at radius 3 is 2.84 bits per heavy atom. The smallest absolute Gasteiger partial charge is 0.258 e. The van der Waals surface area contributed by atoms with E-state index in [1.54, 1.807) is 49.0 Å². The predicted molar refractivity (Wildman–Crippen MR) is 98.9 cm³/mol. The lowest BCUT2D eigenvalue weighted by molar-refractivity contribution is 0.102. The molecule has 0 saturated carbocycles. The highest BCUT2D eigenvalue weighted by molar-refractivity contribution is 7.08. The molecule has 0 atom stereocenters. The summed E-state index contributed by atoms with van der Waals surface area (Å²) in [5, 5.41) is 9.75. The average Bonchev–Trinajstić information content (AvgIpc) is 3.31. The standard InChI is InChI=1S/C17H14N6OS/c1-18-13-3-2-11(8-20-13)21-17(24)12-4-6-19-16-14(12)22-15(23-16)10-5-7-25-9-10/h2-9H,1H3,(H,18,20)(H,21,24)(H,19,22,23). The van der Waals surface area contributed by atoms with Gasteiger partial charge in [-0.1, -0.05) is 0 Å². The molecule has 0 fully saturated rings. The summed E-state index contributed by atoms with van der Waals surface area (Å²) < 4.78 is 0. The van der Waals surface area contributed by atoms with Gasteiger partial charge in [0.05, 0.1) is 23.0 Å². The third kappa shape index (κ3) is 2.94. The first-order chi connectivity index (χ1) is 12.2. The zero-order valence-corrected chi connectivity index (χ0v) is 14.1. The van der Waals surface area contributed by atoms with Gasteiger partial charge < -0.3 is 15.6 Å². The molecule has 0 aliphatic rings. The maximum Gasteiger partial charge on any atom is 0.258 e. The topological polar surface area (TPSA) is 95.6 Å². The first kappa shape index (κ1) is 15.3. The molecule has 124 valence electrons. The monoisotopic (exact) mass is 350 g/mol. The van der Waals surface area contributed by atoms with Gasteiger partial charge in [-0.25, -0.2) is 15.0 Å². The van der Waals surface area contributed by atoms with Crippen LogP contribution in [0.25, 0.3) is 22.6 Å². The number of anilines is 2. The average molecular weight is 350 g/mol.